The Morgan fingerprint density at radius 2 is 1.81 bits per heavy atom. The first kappa shape index (κ1) is 17.6. The molecule has 0 aliphatic rings. The van der Waals surface area contributed by atoms with Crippen molar-refractivity contribution in [2.24, 2.45) is 0 Å². The van der Waals surface area contributed by atoms with Crippen LogP contribution in [0.2, 0.25) is 0 Å². The minimum Gasteiger partial charge on any atom is -0.383 e. The molecule has 3 aromatic rings. The van der Waals surface area contributed by atoms with Gasteiger partial charge in [-0.15, -0.1) is 0 Å². The van der Waals surface area contributed by atoms with Crippen molar-refractivity contribution in [1.29, 1.82) is 0 Å². The van der Waals surface area contributed by atoms with E-state index < -0.39 is 0 Å². The predicted molar refractivity (Wildman–Crippen MR) is 102 cm³/mol. The molecule has 0 unspecified atom stereocenters. The smallest absolute Gasteiger partial charge is 0.274 e. The van der Waals surface area contributed by atoms with E-state index in [0.29, 0.717) is 12.2 Å². The summed E-state index contributed by atoms with van der Waals surface area (Å²) in [7, 11) is 0. The van der Waals surface area contributed by atoms with Crippen LogP contribution >= 0.6 is 0 Å². The maximum atomic E-state index is 12.9. The molecule has 0 bridgehead atoms. The molecule has 0 aliphatic carbocycles. The minimum atomic E-state index is -0.239. The van der Waals surface area contributed by atoms with Crippen molar-refractivity contribution in [3.63, 3.8) is 0 Å². The number of anilines is 2. The van der Waals surface area contributed by atoms with E-state index in [1.165, 1.54) is 12.1 Å². The van der Waals surface area contributed by atoms with Gasteiger partial charge in [-0.2, -0.15) is 0 Å². The quantitative estimate of drug-likeness (QED) is 0.692. The first-order chi connectivity index (χ1) is 12.6. The summed E-state index contributed by atoms with van der Waals surface area (Å²) in [5.41, 5.74) is 4.03. The van der Waals surface area contributed by atoms with Crippen LogP contribution in [0.1, 0.15) is 21.6 Å². The molecule has 0 fully saturated rings. The fourth-order valence-corrected chi connectivity index (χ4v) is 2.53. The van der Waals surface area contributed by atoms with E-state index in [4.69, 9.17) is 0 Å². The van der Waals surface area contributed by atoms with Gasteiger partial charge in [0, 0.05) is 12.2 Å². The normalized spacial score (nSPS) is 10.4. The number of carbonyl (C=O) groups is 1. The highest BCUT2D eigenvalue weighted by Crippen LogP contribution is 2.15. The number of nitrogens with zero attached hydrogens (tertiary/aromatic N) is 1. The fourth-order valence-electron chi connectivity index (χ4n) is 2.53. The molecule has 1 amide bonds. The van der Waals surface area contributed by atoms with Crippen molar-refractivity contribution in [3.8, 4) is 0 Å². The topological polar surface area (TPSA) is 54.0 Å². The Balaban J connectivity index is 1.53. The molecule has 1 heterocycles. The molecule has 0 saturated heterocycles. The molecule has 2 aromatic carbocycles. The molecule has 4 nitrogen and oxygen atoms in total. The number of rotatable bonds is 6. The lowest BCUT2D eigenvalue weighted by Crippen LogP contribution is -2.14. The molecular weight excluding hydrogens is 329 g/mol. The van der Waals surface area contributed by atoms with Crippen LogP contribution in [0.3, 0.4) is 0 Å². The van der Waals surface area contributed by atoms with Crippen molar-refractivity contribution < 1.29 is 9.18 Å². The summed E-state index contributed by atoms with van der Waals surface area (Å²) in [6, 6.07) is 17.6. The molecule has 0 saturated carbocycles. The van der Waals surface area contributed by atoms with E-state index in [-0.39, 0.29) is 11.7 Å². The number of nitrogens with one attached hydrogen (secondary N) is 2. The van der Waals surface area contributed by atoms with Crippen LogP contribution in [0.4, 0.5) is 15.8 Å². The van der Waals surface area contributed by atoms with E-state index in [1.807, 2.05) is 37.3 Å². The van der Waals surface area contributed by atoms with Crippen molar-refractivity contribution in [2.75, 3.05) is 17.2 Å². The number of aromatic nitrogens is 1. The highest BCUT2D eigenvalue weighted by molar-refractivity contribution is 6.03. The Hall–Kier alpha value is -3.21. The number of para-hydroxylation sites is 1. The zero-order valence-electron chi connectivity index (χ0n) is 14.5. The number of hydrogen-bond acceptors (Lipinski definition) is 3. The van der Waals surface area contributed by atoms with Crippen molar-refractivity contribution in [1.82, 2.24) is 4.98 Å². The van der Waals surface area contributed by atoms with Crippen LogP contribution in [0, 0.1) is 12.7 Å². The molecule has 0 spiro atoms. The summed E-state index contributed by atoms with van der Waals surface area (Å²) in [6.45, 7) is 2.64. The van der Waals surface area contributed by atoms with Gasteiger partial charge in [0.2, 0.25) is 0 Å². The lowest BCUT2D eigenvalue weighted by Gasteiger charge is -2.09. The molecule has 0 radical (unpaired) electrons. The van der Waals surface area contributed by atoms with E-state index >= 15 is 0 Å². The highest BCUT2D eigenvalue weighted by Gasteiger charge is 2.08. The van der Waals surface area contributed by atoms with Crippen molar-refractivity contribution in [2.45, 2.75) is 13.3 Å². The second-order valence-corrected chi connectivity index (χ2v) is 6.00. The van der Waals surface area contributed by atoms with E-state index in [9.17, 15) is 9.18 Å². The highest BCUT2D eigenvalue weighted by atomic mass is 19.1. The van der Waals surface area contributed by atoms with Gasteiger partial charge in [-0.05, 0) is 54.8 Å². The molecule has 26 heavy (non-hydrogen) atoms. The summed E-state index contributed by atoms with van der Waals surface area (Å²) in [5.74, 6) is -0.470. The number of carbonyl (C=O) groups excluding carboxylic acids is 1. The van der Waals surface area contributed by atoms with Gasteiger partial charge in [0.15, 0.2) is 0 Å². The van der Waals surface area contributed by atoms with Gasteiger partial charge < -0.3 is 10.6 Å². The number of pyridine rings is 1. The molecule has 5 heteroatoms. The third kappa shape index (κ3) is 4.66. The van der Waals surface area contributed by atoms with E-state index in [2.05, 4.69) is 15.6 Å². The monoisotopic (exact) mass is 349 g/mol. The molecule has 0 atom stereocenters. The number of amides is 1. The zero-order chi connectivity index (χ0) is 18.4. The summed E-state index contributed by atoms with van der Waals surface area (Å²) in [4.78, 5) is 16.5. The molecular formula is C21H20FN3O. The first-order valence-electron chi connectivity index (χ1n) is 8.43. The number of halogens is 1. The summed E-state index contributed by atoms with van der Waals surface area (Å²) in [5, 5.41) is 6.11. The van der Waals surface area contributed by atoms with E-state index in [0.717, 1.165) is 28.9 Å². The van der Waals surface area contributed by atoms with Crippen molar-refractivity contribution in [3.05, 3.63) is 89.5 Å². The van der Waals surface area contributed by atoms with Crippen LogP contribution in [-0.4, -0.2) is 17.4 Å². The fraction of sp³-hybridized carbons (Fsp3) is 0.143. The standard InChI is InChI=1S/C21H20FN3O/c1-15-4-2-3-5-19(15)25-21(26)20-11-10-18(14-24-20)23-13-12-16-6-8-17(22)9-7-16/h2-11,14,23H,12-13H2,1H3,(H,25,26). The largest absolute Gasteiger partial charge is 0.383 e. The third-order valence-corrected chi connectivity index (χ3v) is 4.05. The SMILES string of the molecule is Cc1ccccc1NC(=O)c1ccc(NCCc2ccc(F)cc2)cn1. The summed E-state index contributed by atoms with van der Waals surface area (Å²) in [6.07, 6.45) is 2.41. The second-order valence-electron chi connectivity index (χ2n) is 6.00. The van der Waals surface area contributed by atoms with Crippen LogP contribution in [0.5, 0.6) is 0 Å². The average Bonchev–Trinajstić information content (AvgIpc) is 2.66. The van der Waals surface area contributed by atoms with Gasteiger partial charge in [-0.25, -0.2) is 9.37 Å². The van der Waals surface area contributed by atoms with Gasteiger partial charge in [-0.1, -0.05) is 30.3 Å². The first-order valence-corrected chi connectivity index (χ1v) is 8.43. The Morgan fingerprint density at radius 3 is 2.50 bits per heavy atom. The summed E-state index contributed by atoms with van der Waals surface area (Å²) < 4.78 is 12.9. The Bertz CT molecular complexity index is 877. The number of benzene rings is 2. The second kappa shape index (κ2) is 8.25. The predicted octanol–water partition coefficient (Wildman–Crippen LogP) is 4.44. The van der Waals surface area contributed by atoms with Crippen LogP contribution in [-0.2, 0) is 6.42 Å². The average molecular weight is 349 g/mol. The van der Waals surface area contributed by atoms with Gasteiger partial charge in [0.25, 0.3) is 5.91 Å². The lowest BCUT2D eigenvalue weighted by atomic mass is 10.1. The Kier molecular flexibility index (Phi) is 5.59. The third-order valence-electron chi connectivity index (χ3n) is 4.05. The minimum absolute atomic E-state index is 0.231. The maximum Gasteiger partial charge on any atom is 0.274 e. The Labute approximate surface area is 152 Å². The number of aryl methyl sites for hydroxylation is 1. The zero-order valence-corrected chi connectivity index (χ0v) is 14.5. The van der Waals surface area contributed by atoms with Gasteiger partial charge >= 0.3 is 0 Å². The maximum absolute atomic E-state index is 12.9. The Morgan fingerprint density at radius 1 is 1.04 bits per heavy atom. The summed E-state index contributed by atoms with van der Waals surface area (Å²) >= 11 is 0. The molecule has 132 valence electrons. The van der Waals surface area contributed by atoms with E-state index in [1.54, 1.807) is 24.4 Å². The van der Waals surface area contributed by atoms with Crippen LogP contribution in [0.25, 0.3) is 0 Å². The molecule has 0 aliphatic heterocycles. The van der Waals surface area contributed by atoms with Gasteiger partial charge in [-0.3, -0.25) is 4.79 Å². The lowest BCUT2D eigenvalue weighted by molar-refractivity contribution is 0.102. The van der Waals surface area contributed by atoms with Crippen LogP contribution < -0.4 is 10.6 Å². The van der Waals surface area contributed by atoms with Crippen LogP contribution in [0.15, 0.2) is 66.9 Å². The van der Waals surface area contributed by atoms with Gasteiger partial charge in [0.1, 0.15) is 11.5 Å². The number of hydrogen-bond donors (Lipinski definition) is 2. The molecule has 2 N–H and O–H groups in total. The van der Waals surface area contributed by atoms with Crippen molar-refractivity contribution >= 4 is 17.3 Å². The molecule has 3 rings (SSSR count). The molecule has 1 aromatic heterocycles. The van der Waals surface area contributed by atoms with Gasteiger partial charge in [0.05, 0.1) is 11.9 Å².